The van der Waals surface area contributed by atoms with Gasteiger partial charge >= 0.3 is 5.97 Å². The number of aliphatic carboxylic acids is 1. The standard InChI is InChI=1S/C10H19NO3/c1-3-5-6-8(12)9(10(13)14)11-7-4-2/h9,11H,3-7H2,1-2H3,(H,13,14). The molecule has 4 nitrogen and oxygen atoms in total. The number of rotatable bonds is 8. The van der Waals surface area contributed by atoms with Gasteiger partial charge < -0.3 is 5.11 Å². The van der Waals surface area contributed by atoms with Crippen LogP contribution in [0.1, 0.15) is 39.5 Å². The highest BCUT2D eigenvalue weighted by Gasteiger charge is 2.23. The van der Waals surface area contributed by atoms with Crippen LogP contribution in [0.15, 0.2) is 0 Å². The maximum absolute atomic E-state index is 11.4. The topological polar surface area (TPSA) is 66.4 Å². The highest BCUT2D eigenvalue weighted by atomic mass is 16.4. The molecule has 0 saturated heterocycles. The zero-order chi connectivity index (χ0) is 11.0. The third-order valence-corrected chi connectivity index (χ3v) is 1.94. The number of carbonyl (C=O) groups is 2. The quantitative estimate of drug-likeness (QED) is 0.579. The Morgan fingerprint density at radius 2 is 1.93 bits per heavy atom. The first-order valence-corrected chi connectivity index (χ1v) is 5.12. The Bertz CT molecular complexity index is 192. The van der Waals surface area contributed by atoms with Gasteiger partial charge in [-0.25, -0.2) is 0 Å². The predicted octanol–water partition coefficient (Wildman–Crippen LogP) is 1.20. The minimum atomic E-state index is -1.07. The van der Waals surface area contributed by atoms with Gasteiger partial charge in [-0.1, -0.05) is 20.3 Å². The van der Waals surface area contributed by atoms with Gasteiger partial charge in [0.1, 0.15) is 0 Å². The molecule has 0 rings (SSSR count). The van der Waals surface area contributed by atoms with Crippen molar-refractivity contribution in [1.29, 1.82) is 0 Å². The second-order valence-corrected chi connectivity index (χ2v) is 3.30. The van der Waals surface area contributed by atoms with E-state index in [1.807, 2.05) is 13.8 Å². The van der Waals surface area contributed by atoms with Gasteiger partial charge in [-0.2, -0.15) is 0 Å². The third-order valence-electron chi connectivity index (χ3n) is 1.94. The highest BCUT2D eigenvalue weighted by molar-refractivity contribution is 6.02. The molecule has 0 radical (unpaired) electrons. The van der Waals surface area contributed by atoms with E-state index in [9.17, 15) is 9.59 Å². The molecule has 0 fully saturated rings. The number of Topliss-reactive ketones (excluding diaryl/α,β-unsaturated/α-hetero) is 1. The molecule has 0 heterocycles. The maximum atomic E-state index is 11.4. The van der Waals surface area contributed by atoms with Crippen molar-refractivity contribution in [3.05, 3.63) is 0 Å². The summed E-state index contributed by atoms with van der Waals surface area (Å²) >= 11 is 0. The number of carboxylic acids is 1. The van der Waals surface area contributed by atoms with E-state index >= 15 is 0 Å². The van der Waals surface area contributed by atoms with Gasteiger partial charge in [-0.15, -0.1) is 0 Å². The number of ketones is 1. The smallest absolute Gasteiger partial charge is 0.328 e. The molecule has 2 N–H and O–H groups in total. The first kappa shape index (κ1) is 13.1. The van der Waals surface area contributed by atoms with Crippen LogP contribution in [-0.4, -0.2) is 29.4 Å². The van der Waals surface area contributed by atoms with E-state index < -0.39 is 12.0 Å². The van der Waals surface area contributed by atoms with Crippen molar-refractivity contribution in [3.63, 3.8) is 0 Å². The Hall–Kier alpha value is -0.900. The zero-order valence-corrected chi connectivity index (χ0v) is 8.88. The molecule has 82 valence electrons. The molecule has 1 unspecified atom stereocenters. The summed E-state index contributed by atoms with van der Waals surface area (Å²) in [5.74, 6) is -1.28. The summed E-state index contributed by atoms with van der Waals surface area (Å²) in [5.41, 5.74) is 0. The van der Waals surface area contributed by atoms with Crippen molar-refractivity contribution in [2.45, 2.75) is 45.6 Å². The number of carbonyl (C=O) groups excluding carboxylic acids is 1. The fourth-order valence-electron chi connectivity index (χ4n) is 1.12. The van der Waals surface area contributed by atoms with Gasteiger partial charge in [0, 0.05) is 6.42 Å². The maximum Gasteiger partial charge on any atom is 0.328 e. The summed E-state index contributed by atoms with van der Waals surface area (Å²) in [5, 5.41) is 11.5. The molecule has 0 aromatic heterocycles. The predicted molar refractivity (Wildman–Crippen MR) is 54.2 cm³/mol. The van der Waals surface area contributed by atoms with Crippen molar-refractivity contribution >= 4 is 11.8 Å². The lowest BCUT2D eigenvalue weighted by Gasteiger charge is -2.12. The first-order chi connectivity index (χ1) is 6.63. The van der Waals surface area contributed by atoms with Crippen molar-refractivity contribution in [2.75, 3.05) is 6.54 Å². The van der Waals surface area contributed by atoms with Crippen molar-refractivity contribution in [1.82, 2.24) is 5.32 Å². The van der Waals surface area contributed by atoms with Crippen LogP contribution in [0, 0.1) is 0 Å². The molecule has 0 spiro atoms. The highest BCUT2D eigenvalue weighted by Crippen LogP contribution is 2.00. The van der Waals surface area contributed by atoms with Crippen LogP contribution >= 0.6 is 0 Å². The lowest BCUT2D eigenvalue weighted by molar-refractivity contribution is -0.143. The van der Waals surface area contributed by atoms with Gasteiger partial charge in [-0.3, -0.25) is 14.9 Å². The Morgan fingerprint density at radius 1 is 1.29 bits per heavy atom. The molecular formula is C10H19NO3. The van der Waals surface area contributed by atoms with Crippen LogP contribution in [0.3, 0.4) is 0 Å². The van der Waals surface area contributed by atoms with E-state index in [0.29, 0.717) is 13.0 Å². The largest absolute Gasteiger partial charge is 0.480 e. The molecule has 0 amide bonds. The zero-order valence-electron chi connectivity index (χ0n) is 8.88. The van der Waals surface area contributed by atoms with Gasteiger partial charge in [-0.05, 0) is 19.4 Å². The third kappa shape index (κ3) is 4.97. The lowest BCUT2D eigenvalue weighted by Crippen LogP contribution is -2.43. The molecule has 4 heteroatoms. The van der Waals surface area contributed by atoms with Crippen LogP contribution in [0.2, 0.25) is 0 Å². The number of hydrogen-bond donors (Lipinski definition) is 2. The summed E-state index contributed by atoms with van der Waals surface area (Å²) < 4.78 is 0. The summed E-state index contributed by atoms with van der Waals surface area (Å²) in [6.45, 7) is 4.47. The Labute approximate surface area is 84.7 Å². The normalized spacial score (nSPS) is 12.4. The van der Waals surface area contributed by atoms with Gasteiger partial charge in [0.15, 0.2) is 11.8 Å². The van der Waals surface area contributed by atoms with Crippen molar-refractivity contribution < 1.29 is 14.7 Å². The minimum absolute atomic E-state index is 0.215. The second-order valence-electron chi connectivity index (χ2n) is 3.30. The van der Waals surface area contributed by atoms with E-state index in [2.05, 4.69) is 5.32 Å². The summed E-state index contributed by atoms with van der Waals surface area (Å²) in [4.78, 5) is 22.1. The lowest BCUT2D eigenvalue weighted by atomic mass is 10.1. The van der Waals surface area contributed by atoms with E-state index in [1.165, 1.54) is 0 Å². The van der Waals surface area contributed by atoms with E-state index in [0.717, 1.165) is 19.3 Å². The van der Waals surface area contributed by atoms with Crippen LogP contribution in [0.5, 0.6) is 0 Å². The molecule has 0 aliphatic carbocycles. The van der Waals surface area contributed by atoms with Gasteiger partial charge in [0.25, 0.3) is 0 Å². The fourth-order valence-corrected chi connectivity index (χ4v) is 1.12. The molecule has 0 bridgehead atoms. The van der Waals surface area contributed by atoms with Crippen LogP contribution in [0.4, 0.5) is 0 Å². The Balaban J connectivity index is 4.05. The molecule has 1 atom stereocenters. The van der Waals surface area contributed by atoms with Crippen LogP contribution in [0.25, 0.3) is 0 Å². The molecule has 0 aliphatic rings. The molecule has 0 aliphatic heterocycles. The van der Waals surface area contributed by atoms with E-state index in [1.54, 1.807) is 0 Å². The molecule has 0 aromatic carbocycles. The van der Waals surface area contributed by atoms with Crippen molar-refractivity contribution in [3.8, 4) is 0 Å². The summed E-state index contributed by atoms with van der Waals surface area (Å²) in [6, 6.07) is -1.01. The average Bonchev–Trinajstić information content (AvgIpc) is 2.14. The number of unbranched alkanes of at least 4 members (excludes halogenated alkanes) is 1. The monoisotopic (exact) mass is 201 g/mol. The van der Waals surface area contributed by atoms with Crippen LogP contribution < -0.4 is 5.32 Å². The molecule has 14 heavy (non-hydrogen) atoms. The fraction of sp³-hybridized carbons (Fsp3) is 0.800. The first-order valence-electron chi connectivity index (χ1n) is 5.12. The molecule has 0 aromatic rings. The Morgan fingerprint density at radius 3 is 2.36 bits per heavy atom. The molecule has 0 saturated carbocycles. The van der Waals surface area contributed by atoms with Crippen molar-refractivity contribution in [2.24, 2.45) is 0 Å². The van der Waals surface area contributed by atoms with E-state index in [-0.39, 0.29) is 5.78 Å². The second kappa shape index (κ2) is 7.50. The minimum Gasteiger partial charge on any atom is -0.480 e. The van der Waals surface area contributed by atoms with Crippen LogP contribution in [-0.2, 0) is 9.59 Å². The Kier molecular flexibility index (Phi) is 7.02. The number of hydrogen-bond acceptors (Lipinski definition) is 3. The molecular weight excluding hydrogens is 182 g/mol. The van der Waals surface area contributed by atoms with Gasteiger partial charge in [0.05, 0.1) is 0 Å². The van der Waals surface area contributed by atoms with E-state index in [4.69, 9.17) is 5.11 Å². The summed E-state index contributed by atoms with van der Waals surface area (Å²) in [7, 11) is 0. The SMILES string of the molecule is CCCCC(=O)C(NCCC)C(=O)O. The number of nitrogens with one attached hydrogen (secondary N) is 1. The average molecular weight is 201 g/mol. The number of carboxylic acid groups (broad SMARTS) is 1. The van der Waals surface area contributed by atoms with Gasteiger partial charge in [0.2, 0.25) is 0 Å². The summed E-state index contributed by atoms with van der Waals surface area (Å²) in [6.07, 6.45) is 2.84.